The first kappa shape index (κ1) is 8.21. The first-order chi connectivity index (χ1) is 6.20. The third-order valence-corrected chi connectivity index (χ3v) is 2.01. The maximum absolute atomic E-state index is 10.5. The van der Waals surface area contributed by atoms with Crippen LogP contribution < -0.4 is 5.46 Å². The average molecular weight is 179 g/mol. The summed E-state index contributed by atoms with van der Waals surface area (Å²) in [4.78, 5) is 10.0. The van der Waals surface area contributed by atoms with Crippen molar-refractivity contribution in [1.82, 2.24) is 0 Å². The maximum atomic E-state index is 10.5. The Morgan fingerprint density at radius 2 is 2.38 bits per heavy atom. The highest BCUT2D eigenvalue weighted by molar-refractivity contribution is 6.63. The predicted octanol–water partition coefficient (Wildman–Crippen LogP) is -0.188. The van der Waals surface area contributed by atoms with Gasteiger partial charge >= 0.3 is 7.12 Å². The van der Waals surface area contributed by atoms with Crippen LogP contribution in [0.5, 0.6) is 0 Å². The van der Waals surface area contributed by atoms with Crippen molar-refractivity contribution in [3.8, 4) is 0 Å². The zero-order valence-corrected chi connectivity index (χ0v) is 6.64. The Bertz CT molecular complexity index is 368. The molecule has 0 atom stereocenters. The summed E-state index contributed by atoms with van der Waals surface area (Å²) in [5.41, 5.74) is 0.886. The van der Waals surface area contributed by atoms with Gasteiger partial charge in [0.2, 0.25) is 0 Å². The van der Waals surface area contributed by atoms with Gasteiger partial charge in [0, 0.05) is 6.07 Å². The molecule has 0 aromatic heterocycles. The van der Waals surface area contributed by atoms with E-state index in [1.807, 2.05) is 0 Å². The third kappa shape index (κ3) is 1.20. The highest BCUT2D eigenvalue weighted by Gasteiger charge is 2.34. The lowest BCUT2D eigenvalue weighted by Gasteiger charge is -1.98. The number of fused-ring (bicyclic) bond motifs is 1. The van der Waals surface area contributed by atoms with E-state index >= 15 is 0 Å². The van der Waals surface area contributed by atoms with Crippen molar-refractivity contribution < 1.29 is 14.6 Å². The van der Waals surface area contributed by atoms with Crippen molar-refractivity contribution in [2.45, 2.75) is 6.61 Å². The molecule has 5 nitrogen and oxygen atoms in total. The molecule has 66 valence electrons. The van der Waals surface area contributed by atoms with E-state index < -0.39 is 12.0 Å². The van der Waals surface area contributed by atoms with Gasteiger partial charge in [-0.05, 0) is 5.56 Å². The van der Waals surface area contributed by atoms with Crippen LogP contribution >= 0.6 is 0 Å². The van der Waals surface area contributed by atoms with Gasteiger partial charge in [-0.1, -0.05) is 12.1 Å². The van der Waals surface area contributed by atoms with Gasteiger partial charge in [-0.2, -0.15) is 0 Å². The molecule has 0 radical (unpaired) electrons. The summed E-state index contributed by atoms with van der Waals surface area (Å²) in [6, 6.07) is 4.65. The largest absolute Gasteiger partial charge is 0.498 e. The van der Waals surface area contributed by atoms with Gasteiger partial charge < -0.3 is 9.68 Å². The molecular formula is C7H6BNO4. The third-order valence-electron chi connectivity index (χ3n) is 2.01. The maximum Gasteiger partial charge on any atom is 0.498 e. The van der Waals surface area contributed by atoms with Gasteiger partial charge in [0.05, 0.1) is 17.0 Å². The second-order valence-corrected chi connectivity index (χ2v) is 2.77. The summed E-state index contributed by atoms with van der Waals surface area (Å²) in [6.07, 6.45) is 0. The monoisotopic (exact) mass is 179 g/mol. The quantitative estimate of drug-likeness (QED) is 0.368. The van der Waals surface area contributed by atoms with Crippen molar-refractivity contribution in [2.24, 2.45) is 0 Å². The highest BCUT2D eigenvalue weighted by Crippen LogP contribution is 2.17. The first-order valence-corrected chi connectivity index (χ1v) is 3.76. The zero-order valence-electron chi connectivity index (χ0n) is 6.64. The Morgan fingerprint density at radius 1 is 1.62 bits per heavy atom. The summed E-state index contributed by atoms with van der Waals surface area (Å²) in [5, 5.41) is 19.8. The molecule has 0 amide bonds. The average Bonchev–Trinajstić information content (AvgIpc) is 2.48. The fraction of sp³-hybridized carbons (Fsp3) is 0.143. The molecule has 0 aliphatic carbocycles. The van der Waals surface area contributed by atoms with Crippen molar-refractivity contribution in [1.29, 1.82) is 0 Å². The fourth-order valence-electron chi connectivity index (χ4n) is 1.42. The van der Waals surface area contributed by atoms with Crippen LogP contribution in [0.1, 0.15) is 5.56 Å². The van der Waals surface area contributed by atoms with Crippen molar-refractivity contribution in [2.75, 3.05) is 0 Å². The van der Waals surface area contributed by atoms with Crippen LogP contribution in [0.4, 0.5) is 5.69 Å². The smallest absolute Gasteiger partial charge is 0.423 e. The van der Waals surface area contributed by atoms with E-state index in [1.54, 1.807) is 12.1 Å². The SMILES string of the molecule is O=[N+]([O-])c1cccc2c1B(O)OC2. The molecule has 0 unspecified atom stereocenters. The summed E-state index contributed by atoms with van der Waals surface area (Å²) < 4.78 is 4.87. The van der Waals surface area contributed by atoms with Crippen molar-refractivity contribution in [3.63, 3.8) is 0 Å². The van der Waals surface area contributed by atoms with E-state index in [0.717, 1.165) is 0 Å². The van der Waals surface area contributed by atoms with Crippen molar-refractivity contribution >= 4 is 18.3 Å². The molecule has 2 rings (SSSR count). The Labute approximate surface area is 74.2 Å². The Hall–Kier alpha value is -1.40. The van der Waals surface area contributed by atoms with Crippen LogP contribution in [0, 0.1) is 10.1 Å². The minimum Gasteiger partial charge on any atom is -0.423 e. The van der Waals surface area contributed by atoms with Gasteiger partial charge in [-0.25, -0.2) is 0 Å². The Kier molecular flexibility index (Phi) is 1.79. The molecule has 0 spiro atoms. The molecule has 0 bridgehead atoms. The lowest BCUT2D eigenvalue weighted by atomic mass is 9.78. The topological polar surface area (TPSA) is 72.6 Å². The second kappa shape index (κ2) is 2.83. The van der Waals surface area contributed by atoms with Gasteiger partial charge in [-0.3, -0.25) is 10.1 Å². The number of rotatable bonds is 1. The fourth-order valence-corrected chi connectivity index (χ4v) is 1.42. The molecule has 0 saturated heterocycles. The Morgan fingerprint density at radius 3 is 3.08 bits per heavy atom. The Balaban J connectivity index is 2.60. The van der Waals surface area contributed by atoms with Crippen LogP contribution in [0.2, 0.25) is 0 Å². The van der Waals surface area contributed by atoms with Gasteiger partial charge in [-0.15, -0.1) is 0 Å². The van der Waals surface area contributed by atoms with Gasteiger partial charge in [0.1, 0.15) is 0 Å². The van der Waals surface area contributed by atoms with E-state index in [1.165, 1.54) is 6.07 Å². The van der Waals surface area contributed by atoms with E-state index in [0.29, 0.717) is 5.56 Å². The van der Waals surface area contributed by atoms with Gasteiger partial charge in [0.25, 0.3) is 5.69 Å². The lowest BCUT2D eigenvalue weighted by Crippen LogP contribution is -2.30. The predicted molar refractivity (Wildman–Crippen MR) is 45.5 cm³/mol. The van der Waals surface area contributed by atoms with E-state index in [4.69, 9.17) is 4.65 Å². The molecule has 1 aliphatic heterocycles. The molecule has 13 heavy (non-hydrogen) atoms. The number of nitro groups is 1. The number of nitrogens with zero attached hydrogens (tertiary/aromatic N) is 1. The van der Waals surface area contributed by atoms with Crippen molar-refractivity contribution in [3.05, 3.63) is 33.9 Å². The molecule has 0 saturated carbocycles. The first-order valence-electron chi connectivity index (χ1n) is 3.76. The second-order valence-electron chi connectivity index (χ2n) is 2.77. The van der Waals surface area contributed by atoms with E-state index in [9.17, 15) is 15.1 Å². The molecule has 1 aliphatic rings. The standard InChI is InChI=1S/C7H6BNO4/c10-8-7-5(4-13-8)2-1-3-6(7)9(11)12/h1-3,10H,4H2. The minimum absolute atomic E-state index is 0.0810. The highest BCUT2D eigenvalue weighted by atomic mass is 16.6. The van der Waals surface area contributed by atoms with E-state index in [2.05, 4.69) is 0 Å². The summed E-state index contributed by atoms with van der Waals surface area (Å²) in [5.74, 6) is 0. The lowest BCUT2D eigenvalue weighted by molar-refractivity contribution is -0.383. The van der Waals surface area contributed by atoms with Crippen LogP contribution in [-0.4, -0.2) is 17.1 Å². The molecule has 1 aromatic rings. The normalized spacial score (nSPS) is 14.4. The summed E-state index contributed by atoms with van der Waals surface area (Å²) in [7, 11) is -1.16. The molecular weight excluding hydrogens is 173 g/mol. The summed E-state index contributed by atoms with van der Waals surface area (Å²) >= 11 is 0. The molecule has 1 heterocycles. The number of hydrogen-bond acceptors (Lipinski definition) is 4. The van der Waals surface area contributed by atoms with Crippen LogP contribution in [0.25, 0.3) is 0 Å². The number of nitro benzene ring substituents is 1. The molecule has 1 aromatic carbocycles. The molecule has 6 heteroatoms. The summed E-state index contributed by atoms with van der Waals surface area (Å²) in [6.45, 7) is 0.234. The van der Waals surface area contributed by atoms with E-state index in [-0.39, 0.29) is 17.8 Å². The number of benzene rings is 1. The zero-order chi connectivity index (χ0) is 9.42. The van der Waals surface area contributed by atoms with Crippen LogP contribution in [0.3, 0.4) is 0 Å². The van der Waals surface area contributed by atoms with Gasteiger partial charge in [0.15, 0.2) is 0 Å². The van der Waals surface area contributed by atoms with Crippen LogP contribution in [-0.2, 0) is 11.3 Å². The molecule has 0 fully saturated rings. The number of hydrogen-bond donors (Lipinski definition) is 1. The van der Waals surface area contributed by atoms with Crippen LogP contribution in [0.15, 0.2) is 18.2 Å². The minimum atomic E-state index is -1.16. The molecule has 1 N–H and O–H groups in total.